The molecule has 0 fully saturated rings. The molecule has 0 atom stereocenters. The number of nitrogens with two attached hydrogens (primary N) is 1. The van der Waals surface area contributed by atoms with E-state index >= 15 is 0 Å². The van der Waals surface area contributed by atoms with Crippen LogP contribution in [0.5, 0.6) is 0 Å². The van der Waals surface area contributed by atoms with Gasteiger partial charge >= 0.3 is 0 Å². The van der Waals surface area contributed by atoms with E-state index in [1.54, 1.807) is 0 Å². The standard InChI is InChI=1S/C7H10BrN3.C2H3NO2/c8-7-2-1-6(4-11-7)3-10-5-9;1-2-3(4)5/h1-2,4,10H,3,5,9H2;2H,1H2. The monoisotopic (exact) mass is 288 g/mol. The number of pyridine rings is 1. The topological polar surface area (TPSA) is 94.1 Å². The summed E-state index contributed by atoms with van der Waals surface area (Å²) in [6.07, 6.45) is 2.45. The summed E-state index contributed by atoms with van der Waals surface area (Å²) in [5.74, 6) is 0. The average Bonchev–Trinajstić information content (AvgIpc) is 2.29. The highest BCUT2D eigenvalue weighted by molar-refractivity contribution is 9.10. The number of aromatic nitrogens is 1. The predicted octanol–water partition coefficient (Wildman–Crippen LogP) is 1.26. The SMILES string of the molecule is C=C[N+](=O)[O-].NCNCc1ccc(Br)nc1. The molecule has 7 heteroatoms. The van der Waals surface area contributed by atoms with E-state index in [4.69, 9.17) is 15.8 Å². The Labute approximate surface area is 102 Å². The zero-order chi connectivity index (χ0) is 12.4. The first kappa shape index (κ1) is 14.7. The third-order valence-electron chi connectivity index (χ3n) is 1.41. The van der Waals surface area contributed by atoms with Crippen LogP contribution in [-0.2, 0) is 6.54 Å². The number of hydrogen-bond acceptors (Lipinski definition) is 5. The van der Waals surface area contributed by atoms with Crippen LogP contribution in [0.15, 0.2) is 35.7 Å². The molecular weight excluding hydrogens is 276 g/mol. The second kappa shape index (κ2) is 8.96. The molecule has 1 rings (SSSR count). The Hall–Kier alpha value is -1.31. The summed E-state index contributed by atoms with van der Waals surface area (Å²) in [6.45, 7) is 4.13. The van der Waals surface area contributed by atoms with Gasteiger partial charge in [0.2, 0.25) is 6.20 Å². The molecule has 0 aliphatic rings. The fourth-order valence-electron chi connectivity index (χ4n) is 0.728. The van der Waals surface area contributed by atoms with Gasteiger partial charge in [-0.1, -0.05) is 6.07 Å². The number of nitrogens with zero attached hydrogens (tertiary/aromatic N) is 2. The van der Waals surface area contributed by atoms with Gasteiger partial charge in [0.1, 0.15) is 4.60 Å². The van der Waals surface area contributed by atoms with Crippen molar-refractivity contribution in [2.45, 2.75) is 6.54 Å². The molecule has 0 amide bonds. The lowest BCUT2D eigenvalue weighted by Crippen LogP contribution is -2.21. The van der Waals surface area contributed by atoms with Crippen LogP contribution in [0.2, 0.25) is 0 Å². The molecule has 0 spiro atoms. The van der Waals surface area contributed by atoms with Crippen molar-refractivity contribution in [2.75, 3.05) is 6.67 Å². The van der Waals surface area contributed by atoms with Crippen molar-refractivity contribution >= 4 is 15.9 Å². The zero-order valence-electron chi connectivity index (χ0n) is 8.60. The maximum Gasteiger partial charge on any atom is 0.227 e. The van der Waals surface area contributed by atoms with Gasteiger partial charge < -0.3 is 11.1 Å². The molecule has 0 aliphatic carbocycles. The van der Waals surface area contributed by atoms with Crippen LogP contribution in [0, 0.1) is 10.1 Å². The maximum absolute atomic E-state index is 9.06. The largest absolute Gasteiger partial charge is 0.318 e. The number of halogens is 1. The van der Waals surface area contributed by atoms with E-state index in [0.717, 1.165) is 16.7 Å². The summed E-state index contributed by atoms with van der Waals surface area (Å²) in [5, 5.41) is 12.1. The van der Waals surface area contributed by atoms with Gasteiger partial charge in [-0.2, -0.15) is 0 Å². The summed E-state index contributed by atoms with van der Waals surface area (Å²) in [7, 11) is 0. The third-order valence-corrected chi connectivity index (χ3v) is 1.88. The van der Waals surface area contributed by atoms with E-state index in [2.05, 4.69) is 32.8 Å². The van der Waals surface area contributed by atoms with Crippen LogP contribution in [-0.4, -0.2) is 16.6 Å². The Bertz CT molecular complexity index is 329. The molecule has 6 nitrogen and oxygen atoms in total. The molecule has 16 heavy (non-hydrogen) atoms. The van der Waals surface area contributed by atoms with Gasteiger partial charge in [0, 0.05) is 19.4 Å². The highest BCUT2D eigenvalue weighted by atomic mass is 79.9. The van der Waals surface area contributed by atoms with E-state index in [1.807, 2.05) is 18.3 Å². The van der Waals surface area contributed by atoms with Crippen molar-refractivity contribution < 1.29 is 4.92 Å². The summed E-state index contributed by atoms with van der Waals surface area (Å²) >= 11 is 3.26. The first-order valence-corrected chi connectivity index (χ1v) is 5.16. The van der Waals surface area contributed by atoms with Crippen LogP contribution < -0.4 is 11.1 Å². The number of nitrogens with one attached hydrogen (secondary N) is 1. The Morgan fingerprint density at radius 2 is 2.31 bits per heavy atom. The van der Waals surface area contributed by atoms with E-state index in [1.165, 1.54) is 0 Å². The molecule has 1 heterocycles. The summed E-state index contributed by atoms with van der Waals surface area (Å²) < 4.78 is 0.856. The van der Waals surface area contributed by atoms with Crippen molar-refractivity contribution in [3.05, 3.63) is 51.4 Å². The molecule has 0 saturated heterocycles. The van der Waals surface area contributed by atoms with Gasteiger partial charge in [0.25, 0.3) is 0 Å². The zero-order valence-corrected chi connectivity index (χ0v) is 10.2. The first-order chi connectivity index (χ1) is 7.60. The molecule has 0 aromatic carbocycles. The van der Waals surface area contributed by atoms with Gasteiger partial charge in [-0.15, -0.1) is 0 Å². The lowest BCUT2D eigenvalue weighted by atomic mass is 10.3. The fourth-order valence-corrected chi connectivity index (χ4v) is 0.962. The van der Waals surface area contributed by atoms with Crippen molar-refractivity contribution in [3.63, 3.8) is 0 Å². The van der Waals surface area contributed by atoms with Crippen molar-refractivity contribution in [1.82, 2.24) is 10.3 Å². The van der Waals surface area contributed by atoms with E-state index in [0.29, 0.717) is 12.9 Å². The van der Waals surface area contributed by atoms with Gasteiger partial charge in [-0.05, 0) is 34.1 Å². The Kier molecular flexibility index (Phi) is 8.22. The van der Waals surface area contributed by atoms with Crippen molar-refractivity contribution in [2.24, 2.45) is 5.73 Å². The van der Waals surface area contributed by atoms with Crippen molar-refractivity contribution in [3.8, 4) is 0 Å². The molecule has 1 aromatic heterocycles. The number of rotatable bonds is 4. The Morgan fingerprint density at radius 3 is 2.69 bits per heavy atom. The minimum absolute atomic E-state index is 0.496. The Balaban J connectivity index is 0.000000385. The highest BCUT2D eigenvalue weighted by Crippen LogP contribution is 2.05. The Morgan fingerprint density at radius 1 is 1.69 bits per heavy atom. The summed E-state index contributed by atoms with van der Waals surface area (Å²) in [5.41, 5.74) is 6.40. The van der Waals surface area contributed by atoms with Gasteiger partial charge in [-0.3, -0.25) is 10.1 Å². The minimum atomic E-state index is -0.611. The molecule has 0 saturated carbocycles. The molecule has 0 aliphatic heterocycles. The smallest absolute Gasteiger partial charge is 0.227 e. The van der Waals surface area contributed by atoms with Gasteiger partial charge in [0.15, 0.2) is 0 Å². The predicted molar refractivity (Wildman–Crippen MR) is 65.0 cm³/mol. The molecule has 3 N–H and O–H groups in total. The molecule has 0 radical (unpaired) electrons. The normalized spacial score (nSPS) is 8.88. The van der Waals surface area contributed by atoms with E-state index in [9.17, 15) is 0 Å². The first-order valence-electron chi connectivity index (χ1n) is 4.37. The quantitative estimate of drug-likeness (QED) is 0.376. The number of nitro groups is 1. The van der Waals surface area contributed by atoms with Gasteiger partial charge in [0.05, 0.1) is 4.92 Å². The summed E-state index contributed by atoms with van der Waals surface area (Å²) in [4.78, 5) is 12.5. The minimum Gasteiger partial charge on any atom is -0.318 e. The number of hydrogen-bond donors (Lipinski definition) is 2. The second-order valence-corrected chi connectivity index (χ2v) is 3.40. The molecule has 1 aromatic rings. The molecule has 0 bridgehead atoms. The van der Waals surface area contributed by atoms with Crippen LogP contribution in [0.25, 0.3) is 0 Å². The van der Waals surface area contributed by atoms with E-state index in [-0.39, 0.29) is 0 Å². The second-order valence-electron chi connectivity index (χ2n) is 2.59. The lowest BCUT2D eigenvalue weighted by molar-refractivity contribution is -0.401. The van der Waals surface area contributed by atoms with Crippen LogP contribution >= 0.6 is 15.9 Å². The summed E-state index contributed by atoms with van der Waals surface area (Å²) in [6, 6.07) is 3.91. The average molecular weight is 289 g/mol. The van der Waals surface area contributed by atoms with Crippen LogP contribution in [0.4, 0.5) is 0 Å². The molecule has 88 valence electrons. The van der Waals surface area contributed by atoms with Crippen LogP contribution in [0.1, 0.15) is 5.56 Å². The molecule has 0 unspecified atom stereocenters. The van der Waals surface area contributed by atoms with Crippen LogP contribution in [0.3, 0.4) is 0 Å². The molecular formula is C9H13BrN4O2. The van der Waals surface area contributed by atoms with E-state index < -0.39 is 4.92 Å². The fraction of sp³-hybridized carbons (Fsp3) is 0.222. The third kappa shape index (κ3) is 8.04. The highest BCUT2D eigenvalue weighted by Gasteiger charge is 1.91. The maximum atomic E-state index is 9.06. The van der Waals surface area contributed by atoms with Crippen molar-refractivity contribution in [1.29, 1.82) is 0 Å². The lowest BCUT2D eigenvalue weighted by Gasteiger charge is -2.00. The van der Waals surface area contributed by atoms with Gasteiger partial charge in [-0.25, -0.2) is 4.98 Å².